The van der Waals surface area contributed by atoms with Gasteiger partial charge in [0.25, 0.3) is 5.91 Å². The molecule has 0 bridgehead atoms. The van der Waals surface area contributed by atoms with Crippen molar-refractivity contribution in [3.8, 4) is 0 Å². The second-order valence-electron chi connectivity index (χ2n) is 5.95. The van der Waals surface area contributed by atoms with Crippen molar-refractivity contribution in [3.05, 3.63) is 11.3 Å². The van der Waals surface area contributed by atoms with Gasteiger partial charge in [0, 0.05) is 25.9 Å². The maximum atomic E-state index is 12.6. The molecular weight excluding hydrogens is 284 g/mol. The van der Waals surface area contributed by atoms with Gasteiger partial charge in [-0.2, -0.15) is 0 Å². The van der Waals surface area contributed by atoms with Crippen LogP contribution in [-0.4, -0.2) is 52.9 Å². The molecule has 1 aromatic rings. The molecule has 3 rings (SSSR count). The zero-order valence-corrected chi connectivity index (χ0v) is 13.2. The van der Waals surface area contributed by atoms with Gasteiger partial charge >= 0.3 is 0 Å². The molecule has 8 heteroatoms. The molecule has 3 heterocycles. The normalized spacial score (nSPS) is 25.1. The Bertz CT molecular complexity index is 590. The summed E-state index contributed by atoms with van der Waals surface area (Å²) in [7, 11) is 1.87. The lowest BCUT2D eigenvalue weighted by molar-refractivity contribution is -0.118. The van der Waals surface area contributed by atoms with Crippen LogP contribution in [0.15, 0.2) is 11.3 Å². The summed E-state index contributed by atoms with van der Waals surface area (Å²) in [5.74, 6) is 1.00. The predicted molar refractivity (Wildman–Crippen MR) is 80.2 cm³/mol. The smallest absolute Gasteiger partial charge is 0.251 e. The van der Waals surface area contributed by atoms with Crippen LogP contribution in [0.1, 0.15) is 32.7 Å². The Morgan fingerprint density at radius 1 is 1.50 bits per heavy atom. The summed E-state index contributed by atoms with van der Waals surface area (Å²) >= 11 is 0. The Labute approximate surface area is 129 Å². The van der Waals surface area contributed by atoms with Crippen LogP contribution in [0.25, 0.3) is 0 Å². The SMILES string of the molecule is CC1=C(C(=O)NCC2CCCOC2)C(C)n2nnnc2N1C. The molecular formula is C14H22N6O2. The minimum absolute atomic E-state index is 0.0522. The number of hydrogen-bond acceptors (Lipinski definition) is 6. The zero-order chi connectivity index (χ0) is 15.7. The summed E-state index contributed by atoms with van der Waals surface area (Å²) in [6, 6.07) is -0.177. The number of amides is 1. The first-order valence-electron chi connectivity index (χ1n) is 7.68. The highest BCUT2D eigenvalue weighted by Crippen LogP contribution is 2.31. The van der Waals surface area contributed by atoms with Crippen molar-refractivity contribution in [2.45, 2.75) is 32.7 Å². The Hall–Kier alpha value is -1.96. The third-order valence-electron chi connectivity index (χ3n) is 4.50. The molecule has 2 unspecified atom stereocenters. The number of aromatic nitrogens is 4. The summed E-state index contributed by atoms with van der Waals surface area (Å²) < 4.78 is 7.13. The quantitative estimate of drug-likeness (QED) is 0.875. The van der Waals surface area contributed by atoms with E-state index in [1.807, 2.05) is 25.8 Å². The van der Waals surface area contributed by atoms with E-state index in [0.29, 0.717) is 24.0 Å². The standard InChI is InChI=1S/C14H22N6O2/c1-9-12(10(2)20-14(19(9)3)16-17-18-20)13(21)15-7-11-5-4-6-22-8-11/h10-11H,4-8H2,1-3H3,(H,15,21). The fraction of sp³-hybridized carbons (Fsp3) is 0.714. The van der Waals surface area contributed by atoms with Crippen molar-refractivity contribution in [1.29, 1.82) is 0 Å². The van der Waals surface area contributed by atoms with E-state index in [1.165, 1.54) is 0 Å². The number of ether oxygens (including phenoxy) is 1. The van der Waals surface area contributed by atoms with Gasteiger partial charge in [-0.3, -0.25) is 4.79 Å². The lowest BCUT2D eigenvalue weighted by Gasteiger charge is -2.31. The maximum absolute atomic E-state index is 12.6. The van der Waals surface area contributed by atoms with Gasteiger partial charge in [-0.25, -0.2) is 4.68 Å². The Morgan fingerprint density at radius 3 is 3.05 bits per heavy atom. The van der Waals surface area contributed by atoms with Gasteiger partial charge in [-0.05, 0) is 43.0 Å². The first-order valence-corrected chi connectivity index (χ1v) is 7.68. The van der Waals surface area contributed by atoms with Gasteiger partial charge < -0.3 is 15.0 Å². The van der Waals surface area contributed by atoms with Crippen molar-refractivity contribution in [2.24, 2.45) is 5.92 Å². The van der Waals surface area contributed by atoms with Crippen LogP contribution in [0, 0.1) is 5.92 Å². The fourth-order valence-corrected chi connectivity index (χ4v) is 3.07. The average molecular weight is 306 g/mol. The molecule has 2 atom stereocenters. The monoisotopic (exact) mass is 306 g/mol. The first-order chi connectivity index (χ1) is 10.6. The van der Waals surface area contributed by atoms with Gasteiger partial charge in [0.1, 0.15) is 0 Å². The number of carbonyl (C=O) groups is 1. The van der Waals surface area contributed by atoms with Crippen LogP contribution < -0.4 is 10.2 Å². The molecule has 22 heavy (non-hydrogen) atoms. The second-order valence-corrected chi connectivity index (χ2v) is 5.95. The summed E-state index contributed by atoms with van der Waals surface area (Å²) in [4.78, 5) is 14.5. The topological polar surface area (TPSA) is 85.2 Å². The number of fused-ring (bicyclic) bond motifs is 1. The van der Waals surface area contributed by atoms with Gasteiger partial charge in [0.2, 0.25) is 5.95 Å². The molecule has 120 valence electrons. The molecule has 0 aromatic carbocycles. The van der Waals surface area contributed by atoms with Crippen molar-refractivity contribution >= 4 is 11.9 Å². The number of allylic oxidation sites excluding steroid dienone is 1. The number of nitrogens with one attached hydrogen (secondary N) is 1. The highest BCUT2D eigenvalue weighted by molar-refractivity contribution is 5.96. The largest absolute Gasteiger partial charge is 0.381 e. The van der Waals surface area contributed by atoms with Crippen molar-refractivity contribution in [2.75, 3.05) is 31.7 Å². The van der Waals surface area contributed by atoms with Crippen molar-refractivity contribution in [1.82, 2.24) is 25.5 Å². The maximum Gasteiger partial charge on any atom is 0.251 e. The number of nitrogens with zero attached hydrogens (tertiary/aromatic N) is 5. The Balaban J connectivity index is 1.72. The second kappa shape index (κ2) is 6.04. The van der Waals surface area contributed by atoms with E-state index in [4.69, 9.17) is 4.74 Å². The number of tetrazole rings is 1. The lowest BCUT2D eigenvalue weighted by Crippen LogP contribution is -2.39. The first kappa shape index (κ1) is 15.0. The van der Waals surface area contributed by atoms with Crippen LogP contribution in [0.2, 0.25) is 0 Å². The Morgan fingerprint density at radius 2 is 2.32 bits per heavy atom. The molecule has 0 radical (unpaired) electrons. The lowest BCUT2D eigenvalue weighted by atomic mass is 10.0. The molecule has 0 saturated carbocycles. The third kappa shape index (κ3) is 2.58. The molecule has 1 N–H and O–H groups in total. The molecule has 8 nitrogen and oxygen atoms in total. The van der Waals surface area contributed by atoms with Crippen molar-refractivity contribution in [3.63, 3.8) is 0 Å². The highest BCUT2D eigenvalue weighted by atomic mass is 16.5. The molecule has 1 amide bonds. The Kier molecular flexibility index (Phi) is 4.10. The predicted octanol–water partition coefficient (Wildman–Crippen LogP) is 0.501. The van der Waals surface area contributed by atoms with Crippen LogP contribution >= 0.6 is 0 Å². The van der Waals surface area contributed by atoms with Crippen LogP contribution in [0.4, 0.5) is 5.95 Å². The van der Waals surface area contributed by atoms with Crippen LogP contribution in [0.3, 0.4) is 0 Å². The van der Waals surface area contributed by atoms with Crippen LogP contribution in [0.5, 0.6) is 0 Å². The molecule has 1 aromatic heterocycles. The molecule has 1 fully saturated rings. The van der Waals surface area contributed by atoms with E-state index < -0.39 is 0 Å². The number of carbonyl (C=O) groups excluding carboxylic acids is 1. The van der Waals surface area contributed by atoms with E-state index in [1.54, 1.807) is 4.68 Å². The summed E-state index contributed by atoms with van der Waals surface area (Å²) in [6.45, 7) is 6.07. The summed E-state index contributed by atoms with van der Waals surface area (Å²) in [6.07, 6.45) is 2.17. The summed E-state index contributed by atoms with van der Waals surface area (Å²) in [5, 5.41) is 14.7. The van der Waals surface area contributed by atoms with Gasteiger partial charge in [-0.1, -0.05) is 5.10 Å². The highest BCUT2D eigenvalue weighted by Gasteiger charge is 2.32. The molecule has 0 spiro atoms. The molecule has 2 aliphatic heterocycles. The minimum Gasteiger partial charge on any atom is -0.381 e. The van der Waals surface area contributed by atoms with Gasteiger partial charge in [-0.15, -0.1) is 0 Å². The van der Waals surface area contributed by atoms with E-state index in [9.17, 15) is 4.79 Å². The van der Waals surface area contributed by atoms with Crippen molar-refractivity contribution < 1.29 is 9.53 Å². The molecule has 1 saturated heterocycles. The number of anilines is 1. The van der Waals surface area contributed by atoms with Gasteiger partial charge in [0.05, 0.1) is 18.2 Å². The molecule has 2 aliphatic rings. The average Bonchev–Trinajstić information content (AvgIpc) is 3.02. The zero-order valence-electron chi connectivity index (χ0n) is 13.2. The summed E-state index contributed by atoms with van der Waals surface area (Å²) in [5.41, 5.74) is 1.59. The van der Waals surface area contributed by atoms with Gasteiger partial charge in [0.15, 0.2) is 0 Å². The van der Waals surface area contributed by atoms with Crippen LogP contribution in [-0.2, 0) is 9.53 Å². The van der Waals surface area contributed by atoms with E-state index in [2.05, 4.69) is 20.8 Å². The number of rotatable bonds is 3. The number of hydrogen-bond donors (Lipinski definition) is 1. The van der Waals surface area contributed by atoms with E-state index in [0.717, 1.165) is 31.8 Å². The third-order valence-corrected chi connectivity index (χ3v) is 4.50. The van der Waals surface area contributed by atoms with E-state index in [-0.39, 0.29) is 11.9 Å². The van der Waals surface area contributed by atoms with E-state index >= 15 is 0 Å². The minimum atomic E-state index is -0.177. The fourth-order valence-electron chi connectivity index (χ4n) is 3.07. The molecule has 0 aliphatic carbocycles.